The van der Waals surface area contributed by atoms with Gasteiger partial charge in [-0.2, -0.15) is 0 Å². The maximum absolute atomic E-state index is 5.31. The first-order valence-electron chi connectivity index (χ1n) is 3.35. The molecule has 0 atom stereocenters. The molecule has 0 bridgehead atoms. The van der Waals surface area contributed by atoms with Crippen molar-refractivity contribution in [2.45, 2.75) is 19.8 Å². The van der Waals surface area contributed by atoms with Gasteiger partial charge >= 0.3 is 0 Å². The van der Waals surface area contributed by atoms with Crippen molar-refractivity contribution >= 4 is 0 Å². The molecule has 0 aliphatic carbocycles. The van der Waals surface area contributed by atoms with Crippen LogP contribution in [0.4, 0.5) is 0 Å². The second-order valence-corrected chi connectivity index (χ2v) is 2.10. The number of rotatable bonds is 2. The molecule has 1 heterocycles. The molecule has 0 aromatic heterocycles. The minimum absolute atomic E-state index is 0.852. The molecule has 50 valence electrons. The summed E-state index contributed by atoms with van der Waals surface area (Å²) in [5.74, 6) is 1.13. The second kappa shape index (κ2) is 2.72. The van der Waals surface area contributed by atoms with Gasteiger partial charge in [-0.1, -0.05) is 19.6 Å². The van der Waals surface area contributed by atoms with Gasteiger partial charge in [-0.05, 0) is 5.57 Å². The van der Waals surface area contributed by atoms with Crippen LogP contribution in [0.1, 0.15) is 19.8 Å². The number of hydrogen-bond acceptors (Lipinski definition) is 1. The number of allylic oxidation sites excluding steroid dienone is 2. The predicted octanol–water partition coefficient (Wildman–Crippen LogP) is 2.26. The van der Waals surface area contributed by atoms with Crippen molar-refractivity contribution in [2.75, 3.05) is 6.61 Å². The molecule has 0 N–H and O–H groups in total. The molecule has 9 heavy (non-hydrogen) atoms. The van der Waals surface area contributed by atoms with Gasteiger partial charge in [0.25, 0.3) is 0 Å². The summed E-state index contributed by atoms with van der Waals surface area (Å²) >= 11 is 0. The largest absolute Gasteiger partial charge is 0.497 e. The highest BCUT2D eigenvalue weighted by Crippen LogP contribution is 2.21. The van der Waals surface area contributed by atoms with Crippen LogP contribution in [0.25, 0.3) is 0 Å². The van der Waals surface area contributed by atoms with E-state index in [1.807, 2.05) is 6.08 Å². The van der Waals surface area contributed by atoms with Gasteiger partial charge in [0.2, 0.25) is 0 Å². The summed E-state index contributed by atoms with van der Waals surface area (Å²) < 4.78 is 5.31. The minimum Gasteiger partial charge on any atom is -0.497 e. The summed E-state index contributed by atoms with van der Waals surface area (Å²) in [6.07, 6.45) is 3.94. The Hall–Kier alpha value is -0.720. The van der Waals surface area contributed by atoms with Gasteiger partial charge in [-0.15, -0.1) is 0 Å². The van der Waals surface area contributed by atoms with Crippen molar-refractivity contribution in [3.8, 4) is 0 Å². The number of hydrogen-bond donors (Lipinski definition) is 0. The molecule has 1 aliphatic rings. The molecular weight excluding hydrogens is 112 g/mol. The zero-order chi connectivity index (χ0) is 6.69. The highest BCUT2D eigenvalue weighted by atomic mass is 16.5. The Morgan fingerprint density at radius 3 is 3.00 bits per heavy atom. The van der Waals surface area contributed by atoms with Crippen LogP contribution in [0.2, 0.25) is 0 Å². The summed E-state index contributed by atoms with van der Waals surface area (Å²) in [7, 11) is 0. The SMILES string of the molecule is C=CC1=C(CC)OCC1. The van der Waals surface area contributed by atoms with Crippen molar-refractivity contribution in [1.29, 1.82) is 0 Å². The molecule has 0 spiro atoms. The fraction of sp³-hybridized carbons (Fsp3) is 0.500. The van der Waals surface area contributed by atoms with E-state index >= 15 is 0 Å². The van der Waals surface area contributed by atoms with E-state index in [9.17, 15) is 0 Å². The molecule has 0 amide bonds. The lowest BCUT2D eigenvalue weighted by atomic mass is 10.2. The molecule has 1 aliphatic heterocycles. The third-order valence-corrected chi connectivity index (χ3v) is 1.57. The number of ether oxygens (including phenoxy) is 1. The van der Waals surface area contributed by atoms with Crippen LogP contribution in [0.3, 0.4) is 0 Å². The zero-order valence-corrected chi connectivity index (χ0v) is 5.81. The third-order valence-electron chi connectivity index (χ3n) is 1.57. The van der Waals surface area contributed by atoms with Crippen LogP contribution in [-0.4, -0.2) is 6.61 Å². The van der Waals surface area contributed by atoms with Crippen LogP contribution in [0, 0.1) is 0 Å². The Balaban J connectivity index is 2.69. The molecule has 0 unspecified atom stereocenters. The van der Waals surface area contributed by atoms with Crippen molar-refractivity contribution in [1.82, 2.24) is 0 Å². The summed E-state index contributed by atoms with van der Waals surface area (Å²) in [4.78, 5) is 0. The van der Waals surface area contributed by atoms with Crippen molar-refractivity contribution in [2.24, 2.45) is 0 Å². The molecule has 0 fully saturated rings. The van der Waals surface area contributed by atoms with E-state index in [-0.39, 0.29) is 0 Å². The molecule has 0 aromatic rings. The van der Waals surface area contributed by atoms with Gasteiger partial charge in [0.1, 0.15) is 0 Å². The van der Waals surface area contributed by atoms with E-state index in [1.54, 1.807) is 0 Å². The molecule has 1 nitrogen and oxygen atoms in total. The van der Waals surface area contributed by atoms with Crippen LogP contribution in [0.5, 0.6) is 0 Å². The van der Waals surface area contributed by atoms with E-state index in [1.165, 1.54) is 5.57 Å². The Morgan fingerprint density at radius 2 is 2.56 bits per heavy atom. The maximum Gasteiger partial charge on any atom is 0.0990 e. The highest BCUT2D eigenvalue weighted by Gasteiger charge is 2.09. The Labute approximate surface area is 56.0 Å². The molecule has 0 aromatic carbocycles. The molecule has 0 saturated carbocycles. The van der Waals surface area contributed by atoms with E-state index in [4.69, 9.17) is 4.74 Å². The highest BCUT2D eigenvalue weighted by molar-refractivity contribution is 5.23. The van der Waals surface area contributed by atoms with Gasteiger partial charge in [-0.25, -0.2) is 0 Å². The predicted molar refractivity (Wildman–Crippen MR) is 38.1 cm³/mol. The summed E-state index contributed by atoms with van der Waals surface area (Å²) in [5.41, 5.74) is 1.29. The lowest BCUT2D eigenvalue weighted by molar-refractivity contribution is 0.237. The standard InChI is InChI=1S/C8H12O/c1-3-7-5-6-9-8(7)4-2/h3H,1,4-6H2,2H3. The van der Waals surface area contributed by atoms with E-state index in [2.05, 4.69) is 13.5 Å². The van der Waals surface area contributed by atoms with Crippen LogP contribution in [-0.2, 0) is 4.74 Å². The van der Waals surface area contributed by atoms with Crippen molar-refractivity contribution < 1.29 is 4.74 Å². The molecule has 0 radical (unpaired) electrons. The zero-order valence-electron chi connectivity index (χ0n) is 5.81. The Morgan fingerprint density at radius 1 is 1.78 bits per heavy atom. The Kier molecular flexibility index (Phi) is 1.93. The van der Waals surface area contributed by atoms with Crippen LogP contribution in [0.15, 0.2) is 24.0 Å². The van der Waals surface area contributed by atoms with Crippen LogP contribution < -0.4 is 0 Å². The van der Waals surface area contributed by atoms with Crippen LogP contribution >= 0.6 is 0 Å². The van der Waals surface area contributed by atoms with E-state index < -0.39 is 0 Å². The van der Waals surface area contributed by atoms with Gasteiger partial charge in [0.05, 0.1) is 12.4 Å². The maximum atomic E-state index is 5.31. The monoisotopic (exact) mass is 124 g/mol. The Bertz CT molecular complexity index is 145. The first-order chi connectivity index (χ1) is 4.38. The summed E-state index contributed by atoms with van der Waals surface area (Å²) in [6, 6.07) is 0. The minimum atomic E-state index is 0.852. The second-order valence-electron chi connectivity index (χ2n) is 2.10. The molecule has 1 rings (SSSR count). The third kappa shape index (κ3) is 1.15. The fourth-order valence-electron chi connectivity index (χ4n) is 1.06. The van der Waals surface area contributed by atoms with E-state index in [0.29, 0.717) is 0 Å². The van der Waals surface area contributed by atoms with E-state index in [0.717, 1.165) is 25.2 Å². The molecule has 1 heteroatoms. The topological polar surface area (TPSA) is 9.23 Å². The lowest BCUT2D eigenvalue weighted by Crippen LogP contribution is -1.81. The van der Waals surface area contributed by atoms with Crippen molar-refractivity contribution in [3.63, 3.8) is 0 Å². The van der Waals surface area contributed by atoms with Crippen molar-refractivity contribution in [3.05, 3.63) is 24.0 Å². The average Bonchev–Trinajstić information content (AvgIpc) is 2.33. The quantitative estimate of drug-likeness (QED) is 0.548. The summed E-state index contributed by atoms with van der Waals surface area (Å²) in [6.45, 7) is 6.66. The van der Waals surface area contributed by atoms with Gasteiger partial charge in [-0.3, -0.25) is 0 Å². The lowest BCUT2D eigenvalue weighted by Gasteiger charge is -1.97. The van der Waals surface area contributed by atoms with Gasteiger partial charge in [0.15, 0.2) is 0 Å². The van der Waals surface area contributed by atoms with Gasteiger partial charge in [0, 0.05) is 12.8 Å². The normalized spacial score (nSPS) is 17.9. The summed E-state index contributed by atoms with van der Waals surface area (Å²) in [5, 5.41) is 0. The first kappa shape index (κ1) is 6.40. The van der Waals surface area contributed by atoms with Gasteiger partial charge < -0.3 is 4.74 Å². The smallest absolute Gasteiger partial charge is 0.0990 e. The molecular formula is C8H12O. The molecule has 0 saturated heterocycles. The fourth-order valence-corrected chi connectivity index (χ4v) is 1.06. The first-order valence-corrected chi connectivity index (χ1v) is 3.35. The average molecular weight is 124 g/mol.